The number of ether oxygens (including phenoxy) is 1. The summed E-state index contributed by atoms with van der Waals surface area (Å²) in [7, 11) is 1.45. The van der Waals surface area contributed by atoms with Crippen molar-refractivity contribution in [2.75, 3.05) is 12.4 Å². The molecule has 0 spiro atoms. The predicted octanol–water partition coefficient (Wildman–Crippen LogP) is 2.62. The fourth-order valence-electron chi connectivity index (χ4n) is 2.85. The standard InChI is InChI=1S/C21H19N5O6/c1-12-19(24-23-14-7-5-6-13(10-14)21(30)31)20(29)26(25-12)18(28)11-17(27)22-15-8-3-4-9-16(15)32-2/h3-10,19H,11H2,1-2H3,(H,22,27)(H,30,31)/t19-/m0/s1. The Morgan fingerprint density at radius 2 is 1.94 bits per heavy atom. The molecule has 1 aliphatic heterocycles. The number of carbonyl (C=O) groups excluding carboxylic acids is 3. The quantitative estimate of drug-likeness (QED) is 0.502. The molecule has 0 unspecified atom stereocenters. The van der Waals surface area contributed by atoms with Crippen LogP contribution < -0.4 is 10.1 Å². The van der Waals surface area contributed by atoms with Crippen molar-refractivity contribution in [2.24, 2.45) is 15.3 Å². The smallest absolute Gasteiger partial charge is 0.335 e. The van der Waals surface area contributed by atoms with Crippen molar-refractivity contribution >= 4 is 40.8 Å². The van der Waals surface area contributed by atoms with Crippen molar-refractivity contribution in [3.63, 3.8) is 0 Å². The number of imide groups is 1. The van der Waals surface area contributed by atoms with Crippen LogP contribution in [0.15, 0.2) is 63.9 Å². The van der Waals surface area contributed by atoms with Gasteiger partial charge < -0.3 is 15.2 Å². The minimum absolute atomic E-state index is 0.0162. The summed E-state index contributed by atoms with van der Waals surface area (Å²) in [6.45, 7) is 1.50. The first-order valence-corrected chi connectivity index (χ1v) is 9.39. The molecule has 11 nitrogen and oxygen atoms in total. The Morgan fingerprint density at radius 1 is 1.19 bits per heavy atom. The number of hydrogen-bond donors (Lipinski definition) is 2. The van der Waals surface area contributed by atoms with E-state index in [1.807, 2.05) is 0 Å². The Kier molecular flexibility index (Phi) is 6.68. The van der Waals surface area contributed by atoms with Gasteiger partial charge in [-0.3, -0.25) is 14.4 Å². The molecule has 0 saturated heterocycles. The summed E-state index contributed by atoms with van der Waals surface area (Å²) in [4.78, 5) is 48.3. The van der Waals surface area contributed by atoms with Crippen molar-refractivity contribution < 1.29 is 29.0 Å². The Balaban J connectivity index is 1.65. The molecular weight excluding hydrogens is 418 g/mol. The van der Waals surface area contributed by atoms with Crippen molar-refractivity contribution in [2.45, 2.75) is 19.4 Å². The van der Waals surface area contributed by atoms with Crippen molar-refractivity contribution in [3.8, 4) is 5.75 Å². The van der Waals surface area contributed by atoms with Crippen LogP contribution >= 0.6 is 0 Å². The number of nitrogens with zero attached hydrogens (tertiary/aromatic N) is 4. The van der Waals surface area contributed by atoms with Crippen LogP contribution in [0.5, 0.6) is 5.75 Å². The number of methoxy groups -OCH3 is 1. The molecule has 3 rings (SSSR count). The average Bonchev–Trinajstić information content (AvgIpc) is 3.06. The van der Waals surface area contributed by atoms with Crippen molar-refractivity contribution in [3.05, 3.63) is 54.1 Å². The normalized spacial score (nSPS) is 15.6. The summed E-state index contributed by atoms with van der Waals surface area (Å²) < 4.78 is 5.14. The number of hydrogen-bond acceptors (Lipinski definition) is 8. The molecule has 0 radical (unpaired) electrons. The molecule has 1 aliphatic rings. The van der Waals surface area contributed by atoms with E-state index in [1.165, 1.54) is 38.3 Å². The number of rotatable bonds is 7. The number of anilines is 1. The lowest BCUT2D eigenvalue weighted by Gasteiger charge is -2.12. The van der Waals surface area contributed by atoms with Crippen LogP contribution in [0.3, 0.4) is 0 Å². The number of nitrogens with one attached hydrogen (secondary N) is 1. The molecule has 1 heterocycles. The fraction of sp³-hybridized carbons (Fsp3) is 0.190. The third-order valence-electron chi connectivity index (χ3n) is 4.41. The van der Waals surface area contributed by atoms with Gasteiger partial charge in [0.05, 0.1) is 29.8 Å². The van der Waals surface area contributed by atoms with E-state index in [-0.39, 0.29) is 17.0 Å². The highest BCUT2D eigenvalue weighted by Crippen LogP contribution is 2.23. The fourth-order valence-corrected chi connectivity index (χ4v) is 2.85. The van der Waals surface area contributed by atoms with Gasteiger partial charge in [-0.05, 0) is 37.3 Å². The Morgan fingerprint density at radius 3 is 2.66 bits per heavy atom. The maximum Gasteiger partial charge on any atom is 0.335 e. The SMILES string of the molecule is COc1ccccc1NC(=O)CC(=O)N1N=C(C)[C@H](N=Nc2cccc(C(=O)O)c2)C1=O. The van der Waals surface area contributed by atoms with Gasteiger partial charge in [0.1, 0.15) is 12.2 Å². The molecule has 164 valence electrons. The number of amides is 3. The molecule has 11 heteroatoms. The lowest BCUT2D eigenvalue weighted by atomic mass is 10.2. The number of azo groups is 1. The Bertz CT molecular complexity index is 1140. The van der Waals surface area contributed by atoms with Crippen LogP contribution in [0.25, 0.3) is 0 Å². The number of aromatic carboxylic acids is 1. The maximum atomic E-state index is 12.6. The largest absolute Gasteiger partial charge is 0.495 e. The molecule has 0 saturated carbocycles. The highest BCUT2D eigenvalue weighted by atomic mass is 16.5. The second-order valence-electron chi connectivity index (χ2n) is 6.68. The van der Waals surface area contributed by atoms with E-state index in [0.717, 1.165) is 0 Å². The molecule has 2 aromatic rings. The van der Waals surface area contributed by atoms with Gasteiger partial charge in [-0.15, -0.1) is 0 Å². The molecule has 1 atom stereocenters. The number of hydrazone groups is 1. The first kappa shape index (κ1) is 22.3. The first-order valence-electron chi connectivity index (χ1n) is 9.39. The number of carbonyl (C=O) groups is 4. The third-order valence-corrected chi connectivity index (χ3v) is 4.41. The van der Waals surface area contributed by atoms with Gasteiger partial charge >= 0.3 is 5.97 Å². The summed E-state index contributed by atoms with van der Waals surface area (Å²) in [5.41, 5.74) is 0.844. The number of benzene rings is 2. The molecule has 0 aliphatic carbocycles. The molecular formula is C21H19N5O6. The first-order chi connectivity index (χ1) is 15.3. The van der Waals surface area contributed by atoms with Gasteiger partial charge in [-0.25, -0.2) is 4.79 Å². The third kappa shape index (κ3) is 5.01. The minimum Gasteiger partial charge on any atom is -0.495 e. The second kappa shape index (κ2) is 9.60. The summed E-state index contributed by atoms with van der Waals surface area (Å²) in [5, 5.41) is 23.9. The minimum atomic E-state index is -1.15. The monoisotopic (exact) mass is 437 g/mol. The van der Waals surface area contributed by atoms with E-state index >= 15 is 0 Å². The zero-order valence-electron chi connectivity index (χ0n) is 17.2. The molecule has 0 aromatic heterocycles. The molecule has 2 N–H and O–H groups in total. The van der Waals surface area contributed by atoms with Crippen molar-refractivity contribution in [1.29, 1.82) is 0 Å². The van der Waals surface area contributed by atoms with E-state index in [4.69, 9.17) is 9.84 Å². The van der Waals surface area contributed by atoms with Crippen LogP contribution in [0.4, 0.5) is 11.4 Å². The molecule has 0 fully saturated rings. The topological polar surface area (TPSA) is 150 Å². The Labute approximate surface area is 182 Å². The van der Waals surface area contributed by atoms with Crippen LogP contribution in [0.1, 0.15) is 23.7 Å². The van der Waals surface area contributed by atoms with Gasteiger partial charge in [0, 0.05) is 0 Å². The summed E-state index contributed by atoms with van der Waals surface area (Å²) in [5.74, 6) is -2.93. The lowest BCUT2D eigenvalue weighted by molar-refractivity contribution is -0.144. The zero-order chi connectivity index (χ0) is 23.3. The lowest BCUT2D eigenvalue weighted by Crippen LogP contribution is -2.36. The van der Waals surface area contributed by atoms with Gasteiger partial charge in [0.15, 0.2) is 6.04 Å². The maximum absolute atomic E-state index is 12.6. The number of carboxylic acids is 1. The summed E-state index contributed by atoms with van der Waals surface area (Å²) >= 11 is 0. The van der Waals surface area contributed by atoms with Crippen LogP contribution in [-0.2, 0) is 14.4 Å². The zero-order valence-corrected chi connectivity index (χ0v) is 17.2. The van der Waals surface area contributed by atoms with E-state index in [2.05, 4.69) is 20.6 Å². The average molecular weight is 437 g/mol. The van der Waals surface area contributed by atoms with Gasteiger partial charge in [-0.2, -0.15) is 20.3 Å². The molecule has 3 amide bonds. The number of para-hydroxylation sites is 2. The van der Waals surface area contributed by atoms with Crippen LogP contribution in [0.2, 0.25) is 0 Å². The van der Waals surface area contributed by atoms with Crippen LogP contribution in [0, 0.1) is 0 Å². The van der Waals surface area contributed by atoms with Gasteiger partial charge in [-0.1, -0.05) is 18.2 Å². The highest BCUT2D eigenvalue weighted by Gasteiger charge is 2.38. The van der Waals surface area contributed by atoms with E-state index in [9.17, 15) is 19.2 Å². The van der Waals surface area contributed by atoms with E-state index in [1.54, 1.807) is 24.3 Å². The second-order valence-corrected chi connectivity index (χ2v) is 6.68. The van der Waals surface area contributed by atoms with Crippen molar-refractivity contribution in [1.82, 2.24) is 5.01 Å². The van der Waals surface area contributed by atoms with E-state index in [0.29, 0.717) is 16.4 Å². The number of carboxylic acid groups (broad SMARTS) is 1. The van der Waals surface area contributed by atoms with Crippen LogP contribution in [-0.4, -0.2) is 52.7 Å². The van der Waals surface area contributed by atoms with E-state index < -0.39 is 36.2 Å². The predicted molar refractivity (Wildman–Crippen MR) is 113 cm³/mol. The van der Waals surface area contributed by atoms with Gasteiger partial charge in [0.2, 0.25) is 5.91 Å². The summed E-state index contributed by atoms with van der Waals surface area (Å²) in [6.07, 6.45) is -0.620. The van der Waals surface area contributed by atoms with Gasteiger partial charge in [0.25, 0.3) is 11.8 Å². The summed E-state index contributed by atoms with van der Waals surface area (Å²) in [6, 6.07) is 11.2. The molecule has 2 aromatic carbocycles. The highest BCUT2D eigenvalue weighted by molar-refractivity contribution is 6.18. The molecule has 0 bridgehead atoms. The molecule has 32 heavy (non-hydrogen) atoms. The Hall–Kier alpha value is -4.41.